The smallest absolute Gasteiger partial charge is 0.185 e. The van der Waals surface area contributed by atoms with E-state index in [2.05, 4.69) is 40.2 Å². The Bertz CT molecular complexity index is 348. The van der Waals surface area contributed by atoms with Crippen LogP contribution in [0.1, 0.15) is 33.1 Å². The zero-order valence-electron chi connectivity index (χ0n) is 13.5. The molecule has 3 atom stereocenters. The highest BCUT2D eigenvalue weighted by molar-refractivity contribution is 7.80. The first-order valence-corrected chi connectivity index (χ1v) is 8.47. The summed E-state index contributed by atoms with van der Waals surface area (Å²) in [6, 6.07) is 0.450. The van der Waals surface area contributed by atoms with E-state index in [1.807, 2.05) is 14.1 Å². The van der Waals surface area contributed by atoms with Crippen LogP contribution in [0.3, 0.4) is 0 Å². The zero-order chi connectivity index (χ0) is 15.8. The number of nitrogens with zero attached hydrogens (tertiary/aromatic N) is 1. The van der Waals surface area contributed by atoms with Crippen molar-refractivity contribution >= 4 is 34.7 Å². The van der Waals surface area contributed by atoms with Crippen LogP contribution in [-0.4, -0.2) is 48.4 Å². The third kappa shape index (κ3) is 7.24. The molecule has 0 radical (unpaired) electrons. The lowest BCUT2D eigenvalue weighted by Crippen LogP contribution is -2.54. The standard InChI is InChI=1S/C14H29N5S2/c1-10-6-5-7-12(11(10)2)16-14(21)18-17-13(20)15-8-9-19(3)4/h10-12H,5-9H2,1-4H3,(H2,15,17,20)(H2,16,18,21)/t10-,11-,12-/m1/s1. The van der Waals surface area contributed by atoms with Gasteiger partial charge in [0.05, 0.1) is 0 Å². The van der Waals surface area contributed by atoms with Gasteiger partial charge in [-0.3, -0.25) is 10.9 Å². The van der Waals surface area contributed by atoms with Crippen molar-refractivity contribution in [2.75, 3.05) is 27.2 Å². The van der Waals surface area contributed by atoms with E-state index in [-0.39, 0.29) is 0 Å². The minimum absolute atomic E-state index is 0.450. The molecule has 1 aliphatic carbocycles. The van der Waals surface area contributed by atoms with Crippen molar-refractivity contribution in [3.63, 3.8) is 0 Å². The first kappa shape index (κ1) is 18.4. The molecule has 0 heterocycles. The van der Waals surface area contributed by atoms with Crippen LogP contribution in [0.25, 0.3) is 0 Å². The maximum atomic E-state index is 5.32. The number of hydrogen-bond donors (Lipinski definition) is 4. The van der Waals surface area contributed by atoms with Crippen molar-refractivity contribution in [1.29, 1.82) is 0 Å². The van der Waals surface area contributed by atoms with E-state index >= 15 is 0 Å². The molecule has 5 nitrogen and oxygen atoms in total. The molecule has 0 saturated heterocycles. The Balaban J connectivity index is 2.20. The third-order valence-corrected chi connectivity index (χ3v) is 4.62. The molecular weight excluding hydrogens is 302 g/mol. The van der Waals surface area contributed by atoms with Gasteiger partial charge < -0.3 is 15.5 Å². The molecule has 0 spiro atoms. The average Bonchev–Trinajstić information content (AvgIpc) is 2.41. The predicted octanol–water partition coefficient (Wildman–Crippen LogP) is 1.22. The van der Waals surface area contributed by atoms with E-state index in [1.165, 1.54) is 19.3 Å². The van der Waals surface area contributed by atoms with Gasteiger partial charge in [-0.1, -0.05) is 26.7 Å². The van der Waals surface area contributed by atoms with Crippen LogP contribution in [0.2, 0.25) is 0 Å². The van der Waals surface area contributed by atoms with Crippen molar-refractivity contribution in [1.82, 2.24) is 26.4 Å². The van der Waals surface area contributed by atoms with Crippen molar-refractivity contribution in [3.05, 3.63) is 0 Å². The van der Waals surface area contributed by atoms with Crippen LogP contribution in [0, 0.1) is 11.8 Å². The SMILES string of the molecule is C[C@@H]1[C@H](C)CCC[C@H]1NC(=S)NNC(=S)NCCN(C)C. The molecule has 7 heteroatoms. The number of hydrazine groups is 1. The molecule has 0 unspecified atom stereocenters. The molecular formula is C14H29N5S2. The normalized spacial score (nSPS) is 25.3. The summed E-state index contributed by atoms with van der Waals surface area (Å²) in [6.45, 7) is 6.35. The summed E-state index contributed by atoms with van der Waals surface area (Å²) in [7, 11) is 4.06. The zero-order valence-corrected chi connectivity index (χ0v) is 15.2. The molecule has 1 rings (SSSR count). The fourth-order valence-electron chi connectivity index (χ4n) is 2.54. The van der Waals surface area contributed by atoms with Crippen LogP contribution in [-0.2, 0) is 0 Å². The van der Waals surface area contributed by atoms with Gasteiger partial charge in [-0.2, -0.15) is 0 Å². The van der Waals surface area contributed by atoms with Gasteiger partial charge in [-0.05, 0) is 56.8 Å². The summed E-state index contributed by atoms with van der Waals surface area (Å²) < 4.78 is 0. The summed E-state index contributed by atoms with van der Waals surface area (Å²) in [5, 5.41) is 7.68. The van der Waals surface area contributed by atoms with Crippen molar-refractivity contribution in [2.24, 2.45) is 11.8 Å². The van der Waals surface area contributed by atoms with E-state index in [9.17, 15) is 0 Å². The molecule has 0 aromatic heterocycles. The van der Waals surface area contributed by atoms with Gasteiger partial charge in [-0.15, -0.1) is 0 Å². The number of likely N-dealkylation sites (N-methyl/N-ethyl adjacent to an activating group) is 1. The largest absolute Gasteiger partial charge is 0.360 e. The summed E-state index contributed by atoms with van der Waals surface area (Å²) in [5.74, 6) is 1.39. The third-order valence-electron chi connectivity index (χ3n) is 4.16. The molecule has 1 fully saturated rings. The Kier molecular flexibility index (Phi) is 8.21. The Morgan fingerprint density at radius 1 is 1.10 bits per heavy atom. The van der Waals surface area contributed by atoms with Crippen molar-refractivity contribution < 1.29 is 0 Å². The summed E-state index contributed by atoms with van der Waals surface area (Å²) in [6.07, 6.45) is 3.76. The highest BCUT2D eigenvalue weighted by Crippen LogP contribution is 2.29. The second-order valence-electron chi connectivity index (χ2n) is 6.16. The van der Waals surface area contributed by atoms with Crippen LogP contribution in [0.4, 0.5) is 0 Å². The molecule has 1 aliphatic rings. The van der Waals surface area contributed by atoms with Crippen LogP contribution in [0.5, 0.6) is 0 Å². The molecule has 1 saturated carbocycles. The van der Waals surface area contributed by atoms with E-state index in [0.717, 1.165) is 19.0 Å². The molecule has 21 heavy (non-hydrogen) atoms. The van der Waals surface area contributed by atoms with Gasteiger partial charge in [0.15, 0.2) is 10.2 Å². The lowest BCUT2D eigenvalue weighted by molar-refractivity contribution is 0.224. The monoisotopic (exact) mass is 331 g/mol. The molecule has 4 N–H and O–H groups in total. The Morgan fingerprint density at radius 3 is 2.43 bits per heavy atom. The summed E-state index contributed by atoms with van der Waals surface area (Å²) in [4.78, 5) is 2.10. The van der Waals surface area contributed by atoms with Crippen LogP contribution < -0.4 is 21.5 Å². The molecule has 0 bridgehead atoms. The minimum atomic E-state index is 0.450. The highest BCUT2D eigenvalue weighted by Gasteiger charge is 2.27. The van der Waals surface area contributed by atoms with E-state index in [0.29, 0.717) is 22.2 Å². The Hall–Kier alpha value is -0.660. The predicted molar refractivity (Wildman–Crippen MR) is 97.1 cm³/mol. The summed E-state index contributed by atoms with van der Waals surface area (Å²) >= 11 is 10.5. The fraction of sp³-hybridized carbons (Fsp3) is 0.857. The average molecular weight is 332 g/mol. The fourth-order valence-corrected chi connectivity index (χ4v) is 2.90. The molecule has 0 aromatic carbocycles. The second-order valence-corrected chi connectivity index (χ2v) is 6.97. The first-order chi connectivity index (χ1) is 9.90. The van der Waals surface area contributed by atoms with E-state index in [4.69, 9.17) is 24.4 Å². The summed E-state index contributed by atoms with van der Waals surface area (Å²) in [5.41, 5.74) is 5.88. The van der Waals surface area contributed by atoms with Gasteiger partial charge in [0.2, 0.25) is 0 Å². The van der Waals surface area contributed by atoms with E-state index in [1.54, 1.807) is 0 Å². The van der Waals surface area contributed by atoms with Gasteiger partial charge in [0.1, 0.15) is 0 Å². The van der Waals surface area contributed by atoms with Crippen LogP contribution in [0.15, 0.2) is 0 Å². The maximum absolute atomic E-state index is 5.32. The lowest BCUT2D eigenvalue weighted by atomic mass is 9.78. The quantitative estimate of drug-likeness (QED) is 0.456. The first-order valence-electron chi connectivity index (χ1n) is 7.65. The highest BCUT2D eigenvalue weighted by atomic mass is 32.1. The molecule has 0 aromatic rings. The van der Waals surface area contributed by atoms with Gasteiger partial charge >= 0.3 is 0 Å². The Morgan fingerprint density at radius 2 is 1.76 bits per heavy atom. The minimum Gasteiger partial charge on any atom is -0.360 e. The molecule has 0 aliphatic heterocycles. The number of rotatable bonds is 4. The van der Waals surface area contributed by atoms with Gasteiger partial charge in [-0.25, -0.2) is 0 Å². The second kappa shape index (κ2) is 9.38. The van der Waals surface area contributed by atoms with Crippen molar-refractivity contribution in [2.45, 2.75) is 39.2 Å². The topological polar surface area (TPSA) is 51.4 Å². The number of thiocarbonyl (C=S) groups is 2. The molecule has 122 valence electrons. The lowest BCUT2D eigenvalue weighted by Gasteiger charge is -2.35. The van der Waals surface area contributed by atoms with Gasteiger partial charge in [0, 0.05) is 19.1 Å². The van der Waals surface area contributed by atoms with E-state index < -0.39 is 0 Å². The Labute approximate surface area is 139 Å². The van der Waals surface area contributed by atoms with Crippen molar-refractivity contribution in [3.8, 4) is 0 Å². The molecule has 0 amide bonds. The van der Waals surface area contributed by atoms with Gasteiger partial charge in [0.25, 0.3) is 0 Å². The maximum Gasteiger partial charge on any atom is 0.185 e. The number of hydrogen-bond acceptors (Lipinski definition) is 3. The number of nitrogens with one attached hydrogen (secondary N) is 4. The van der Waals surface area contributed by atoms with Crippen LogP contribution >= 0.6 is 24.4 Å².